The molecule has 1 aliphatic rings. The van der Waals surface area contributed by atoms with E-state index in [4.69, 9.17) is 33.3 Å². The molecule has 0 unspecified atom stereocenters. The minimum absolute atomic E-state index is 0.157. The molecule has 0 saturated carbocycles. The highest BCUT2D eigenvalue weighted by Crippen LogP contribution is 2.39. The Labute approximate surface area is 201 Å². The Morgan fingerprint density at radius 2 is 1.78 bits per heavy atom. The maximum Gasteiger partial charge on any atom is 0.270 e. The van der Waals surface area contributed by atoms with Crippen molar-refractivity contribution < 1.29 is 14.3 Å². The number of halogens is 1. The number of benzene rings is 3. The van der Waals surface area contributed by atoms with E-state index in [1.54, 1.807) is 18.1 Å². The Kier molecular flexibility index (Phi) is 6.84. The zero-order chi connectivity index (χ0) is 22.7. The Bertz CT molecular complexity index is 1190. The van der Waals surface area contributed by atoms with Crippen molar-refractivity contribution >= 4 is 57.6 Å². The Hall–Kier alpha value is -2.80. The van der Waals surface area contributed by atoms with Crippen molar-refractivity contribution in [3.63, 3.8) is 0 Å². The quantitative estimate of drug-likeness (QED) is 0.291. The van der Waals surface area contributed by atoms with Gasteiger partial charge in [-0.15, -0.1) is 0 Å². The lowest BCUT2D eigenvalue weighted by molar-refractivity contribution is -0.113. The summed E-state index contributed by atoms with van der Waals surface area (Å²) in [5.41, 5.74) is 3.58. The van der Waals surface area contributed by atoms with Gasteiger partial charge in [0, 0.05) is 10.6 Å². The number of ether oxygens (including phenoxy) is 2. The third-order valence-electron chi connectivity index (χ3n) is 4.90. The predicted molar refractivity (Wildman–Crippen MR) is 136 cm³/mol. The standard InChI is InChI=1S/C25H20ClNO3S2/c1-16-6-12-20(13-7-16)27-24(28)22(32-25(27)31)14-18-4-3-5-21(29-2)23(18)30-15-17-8-10-19(26)11-9-17/h3-14H,15H2,1-2H3/b22-14-. The van der Waals surface area contributed by atoms with Crippen LogP contribution >= 0.6 is 35.6 Å². The van der Waals surface area contributed by atoms with Gasteiger partial charge in [-0.05, 0) is 48.9 Å². The molecular formula is C25H20ClNO3S2. The molecule has 0 bridgehead atoms. The second kappa shape index (κ2) is 9.77. The number of hydrogen-bond acceptors (Lipinski definition) is 5. The zero-order valence-corrected chi connectivity index (χ0v) is 19.9. The highest BCUT2D eigenvalue weighted by atomic mass is 35.5. The Balaban J connectivity index is 1.63. The lowest BCUT2D eigenvalue weighted by Gasteiger charge is -2.15. The third-order valence-corrected chi connectivity index (χ3v) is 6.45. The first-order valence-corrected chi connectivity index (χ1v) is 11.5. The van der Waals surface area contributed by atoms with Crippen LogP contribution in [0.3, 0.4) is 0 Å². The number of methoxy groups -OCH3 is 1. The molecule has 1 fully saturated rings. The Morgan fingerprint density at radius 3 is 2.47 bits per heavy atom. The summed E-state index contributed by atoms with van der Waals surface area (Å²) in [7, 11) is 1.59. The highest BCUT2D eigenvalue weighted by molar-refractivity contribution is 8.27. The number of para-hydroxylation sites is 1. The molecule has 0 radical (unpaired) electrons. The fraction of sp³-hybridized carbons (Fsp3) is 0.120. The van der Waals surface area contributed by atoms with Crippen LogP contribution in [0.5, 0.6) is 11.5 Å². The summed E-state index contributed by atoms with van der Waals surface area (Å²) >= 11 is 12.7. The molecule has 0 aromatic heterocycles. The summed E-state index contributed by atoms with van der Waals surface area (Å²) in [5.74, 6) is 0.989. The molecule has 7 heteroatoms. The summed E-state index contributed by atoms with van der Waals surface area (Å²) in [6, 6.07) is 20.7. The topological polar surface area (TPSA) is 38.8 Å². The molecule has 162 valence electrons. The number of rotatable bonds is 6. The van der Waals surface area contributed by atoms with Crippen LogP contribution in [0.15, 0.2) is 71.6 Å². The van der Waals surface area contributed by atoms with Gasteiger partial charge in [-0.25, -0.2) is 0 Å². The predicted octanol–water partition coefficient (Wildman–Crippen LogP) is 6.64. The van der Waals surface area contributed by atoms with Crippen molar-refractivity contribution in [3.8, 4) is 11.5 Å². The van der Waals surface area contributed by atoms with Crippen molar-refractivity contribution in [1.29, 1.82) is 0 Å². The van der Waals surface area contributed by atoms with E-state index in [2.05, 4.69) is 0 Å². The molecule has 1 amide bonds. The summed E-state index contributed by atoms with van der Waals surface area (Å²) in [6.07, 6.45) is 1.80. The minimum Gasteiger partial charge on any atom is -0.493 e. The van der Waals surface area contributed by atoms with Gasteiger partial charge in [0.1, 0.15) is 6.61 Å². The van der Waals surface area contributed by atoms with Gasteiger partial charge < -0.3 is 9.47 Å². The minimum atomic E-state index is -0.157. The van der Waals surface area contributed by atoms with Crippen LogP contribution in [0.2, 0.25) is 5.02 Å². The monoisotopic (exact) mass is 481 g/mol. The van der Waals surface area contributed by atoms with E-state index >= 15 is 0 Å². The third kappa shape index (κ3) is 4.83. The van der Waals surface area contributed by atoms with Crippen LogP contribution < -0.4 is 14.4 Å². The first-order chi connectivity index (χ1) is 15.5. The summed E-state index contributed by atoms with van der Waals surface area (Å²) < 4.78 is 12.1. The van der Waals surface area contributed by atoms with Gasteiger partial charge in [-0.1, -0.05) is 77.5 Å². The molecule has 0 aliphatic carbocycles. The fourth-order valence-electron chi connectivity index (χ4n) is 3.22. The molecule has 0 atom stereocenters. The first kappa shape index (κ1) is 22.4. The second-order valence-electron chi connectivity index (χ2n) is 7.15. The van der Waals surface area contributed by atoms with Crippen LogP contribution in [-0.4, -0.2) is 17.3 Å². The SMILES string of the molecule is COc1cccc(/C=C2\SC(=S)N(c3ccc(C)cc3)C2=O)c1OCc1ccc(Cl)cc1. The smallest absolute Gasteiger partial charge is 0.270 e. The molecule has 0 N–H and O–H groups in total. The number of nitrogens with zero attached hydrogens (tertiary/aromatic N) is 1. The van der Waals surface area contributed by atoms with Crippen LogP contribution in [0.4, 0.5) is 5.69 Å². The van der Waals surface area contributed by atoms with E-state index in [9.17, 15) is 4.79 Å². The number of aryl methyl sites for hydroxylation is 1. The molecule has 1 aliphatic heterocycles. The van der Waals surface area contributed by atoms with Gasteiger partial charge in [0.2, 0.25) is 0 Å². The largest absolute Gasteiger partial charge is 0.493 e. The zero-order valence-electron chi connectivity index (χ0n) is 17.5. The molecule has 0 spiro atoms. The second-order valence-corrected chi connectivity index (χ2v) is 9.26. The number of carbonyl (C=O) groups excluding carboxylic acids is 1. The molecule has 4 rings (SSSR count). The van der Waals surface area contributed by atoms with E-state index in [0.29, 0.717) is 32.4 Å². The first-order valence-electron chi connectivity index (χ1n) is 9.85. The van der Waals surface area contributed by atoms with Gasteiger partial charge in [0.25, 0.3) is 5.91 Å². The summed E-state index contributed by atoms with van der Waals surface area (Å²) in [4.78, 5) is 15.2. The van der Waals surface area contributed by atoms with E-state index in [1.807, 2.05) is 73.7 Å². The van der Waals surface area contributed by atoms with Crippen LogP contribution in [0.25, 0.3) is 6.08 Å². The van der Waals surface area contributed by atoms with E-state index in [0.717, 1.165) is 22.4 Å². The number of hydrogen-bond donors (Lipinski definition) is 0. The maximum absolute atomic E-state index is 13.1. The lowest BCUT2D eigenvalue weighted by Crippen LogP contribution is -2.27. The number of amides is 1. The molecule has 32 heavy (non-hydrogen) atoms. The maximum atomic E-state index is 13.1. The van der Waals surface area contributed by atoms with Crippen molar-refractivity contribution in [2.24, 2.45) is 0 Å². The van der Waals surface area contributed by atoms with Crippen molar-refractivity contribution in [2.45, 2.75) is 13.5 Å². The van der Waals surface area contributed by atoms with Gasteiger partial charge in [-0.2, -0.15) is 0 Å². The van der Waals surface area contributed by atoms with Gasteiger partial charge >= 0.3 is 0 Å². The van der Waals surface area contributed by atoms with E-state index < -0.39 is 0 Å². The summed E-state index contributed by atoms with van der Waals surface area (Å²) in [5, 5.41) is 0.669. The lowest BCUT2D eigenvalue weighted by atomic mass is 10.1. The molecule has 1 heterocycles. The van der Waals surface area contributed by atoms with Crippen LogP contribution in [0.1, 0.15) is 16.7 Å². The number of anilines is 1. The highest BCUT2D eigenvalue weighted by Gasteiger charge is 2.33. The van der Waals surface area contributed by atoms with Crippen molar-refractivity contribution in [1.82, 2.24) is 0 Å². The normalized spacial score (nSPS) is 14.8. The van der Waals surface area contributed by atoms with Crippen molar-refractivity contribution in [3.05, 3.63) is 93.3 Å². The molecule has 1 saturated heterocycles. The van der Waals surface area contributed by atoms with Crippen LogP contribution in [0, 0.1) is 6.92 Å². The molecule has 3 aromatic carbocycles. The molecule has 3 aromatic rings. The fourth-order valence-corrected chi connectivity index (χ4v) is 4.64. The number of carbonyl (C=O) groups is 1. The average molecular weight is 482 g/mol. The number of thioether (sulfide) groups is 1. The van der Waals surface area contributed by atoms with Gasteiger partial charge in [0.05, 0.1) is 17.7 Å². The number of thiocarbonyl (C=S) groups is 1. The molecule has 4 nitrogen and oxygen atoms in total. The van der Waals surface area contributed by atoms with E-state index in [-0.39, 0.29) is 5.91 Å². The Morgan fingerprint density at radius 1 is 1.06 bits per heavy atom. The average Bonchev–Trinajstić information content (AvgIpc) is 3.07. The van der Waals surface area contributed by atoms with Gasteiger partial charge in [0.15, 0.2) is 15.8 Å². The molecular weight excluding hydrogens is 462 g/mol. The van der Waals surface area contributed by atoms with E-state index in [1.165, 1.54) is 11.8 Å². The van der Waals surface area contributed by atoms with Crippen molar-refractivity contribution in [2.75, 3.05) is 12.0 Å². The van der Waals surface area contributed by atoms with Crippen LogP contribution in [-0.2, 0) is 11.4 Å². The van der Waals surface area contributed by atoms with Gasteiger partial charge in [-0.3, -0.25) is 9.69 Å². The summed E-state index contributed by atoms with van der Waals surface area (Å²) in [6.45, 7) is 2.34.